The molecule has 1 aromatic rings. The lowest BCUT2D eigenvalue weighted by molar-refractivity contribution is 0.120. The van der Waals surface area contributed by atoms with Gasteiger partial charge in [0, 0.05) is 0 Å². The van der Waals surface area contributed by atoms with E-state index in [9.17, 15) is 0 Å². The topological polar surface area (TPSA) is 0 Å². The molecule has 2 fully saturated rings. The van der Waals surface area contributed by atoms with Gasteiger partial charge >= 0.3 is 0 Å². The maximum absolute atomic E-state index is 2.58. The lowest BCUT2D eigenvalue weighted by atomic mass is 9.58. The van der Waals surface area contributed by atoms with Crippen LogP contribution in [0.2, 0.25) is 0 Å². The molecule has 0 heteroatoms. The van der Waals surface area contributed by atoms with Crippen molar-refractivity contribution in [2.75, 3.05) is 0 Å². The Kier molecular flexibility index (Phi) is 4.48. The quantitative estimate of drug-likeness (QED) is 0.622. The lowest BCUT2D eigenvalue weighted by Crippen LogP contribution is -2.40. The second-order valence-corrected chi connectivity index (χ2v) is 7.27. The molecular formula is C20H30. The smallest absolute Gasteiger partial charge is 0.00187 e. The third kappa shape index (κ3) is 2.67. The maximum atomic E-state index is 2.58. The van der Waals surface area contributed by atoms with Crippen LogP contribution in [-0.4, -0.2) is 0 Å². The lowest BCUT2D eigenvalue weighted by Gasteiger charge is -2.47. The van der Waals surface area contributed by atoms with Gasteiger partial charge in [0.25, 0.3) is 0 Å². The van der Waals surface area contributed by atoms with Gasteiger partial charge in [0.2, 0.25) is 0 Å². The summed E-state index contributed by atoms with van der Waals surface area (Å²) in [4.78, 5) is 0. The van der Waals surface area contributed by atoms with Crippen molar-refractivity contribution >= 4 is 0 Å². The number of hydrogen-bond acceptors (Lipinski definition) is 0. The molecule has 0 amide bonds. The summed E-state index contributed by atoms with van der Waals surface area (Å²) >= 11 is 0. The highest BCUT2D eigenvalue weighted by Gasteiger charge is 2.42. The van der Waals surface area contributed by atoms with Crippen LogP contribution in [-0.2, 0) is 5.41 Å². The van der Waals surface area contributed by atoms with Crippen LogP contribution in [0.3, 0.4) is 0 Å². The molecule has 3 rings (SSSR count). The molecule has 0 heterocycles. The second-order valence-electron chi connectivity index (χ2n) is 7.27. The molecule has 0 nitrogen and oxygen atoms in total. The van der Waals surface area contributed by atoms with Crippen molar-refractivity contribution in [2.45, 2.75) is 76.5 Å². The summed E-state index contributed by atoms with van der Waals surface area (Å²) in [5.74, 6) is 1.84. The van der Waals surface area contributed by atoms with E-state index in [-0.39, 0.29) is 0 Å². The normalized spacial score (nSPS) is 25.2. The van der Waals surface area contributed by atoms with E-state index in [4.69, 9.17) is 0 Å². The summed E-state index contributed by atoms with van der Waals surface area (Å²) in [6.07, 6.45) is 14.6. The Bertz CT molecular complexity index is 393. The van der Waals surface area contributed by atoms with E-state index in [0.717, 1.165) is 11.8 Å². The van der Waals surface area contributed by atoms with Crippen LogP contribution in [0.15, 0.2) is 30.3 Å². The molecule has 1 aromatic carbocycles. The summed E-state index contributed by atoms with van der Waals surface area (Å²) in [7, 11) is 0. The molecule has 0 aliphatic heterocycles. The summed E-state index contributed by atoms with van der Waals surface area (Å²) in [6.45, 7) is 2.58. The van der Waals surface area contributed by atoms with Crippen LogP contribution in [0, 0.1) is 11.8 Å². The molecule has 0 saturated heterocycles. The van der Waals surface area contributed by atoms with E-state index in [1.165, 1.54) is 64.2 Å². The van der Waals surface area contributed by atoms with Crippen molar-refractivity contribution in [3.8, 4) is 0 Å². The zero-order chi connectivity index (χ0) is 13.8. The van der Waals surface area contributed by atoms with Crippen LogP contribution in [0.25, 0.3) is 0 Å². The number of rotatable bonds is 3. The van der Waals surface area contributed by atoms with Crippen LogP contribution in [0.4, 0.5) is 0 Å². The van der Waals surface area contributed by atoms with Crippen LogP contribution in [0.5, 0.6) is 0 Å². The predicted octanol–water partition coefficient (Wildman–Crippen LogP) is 6.10. The van der Waals surface area contributed by atoms with Gasteiger partial charge in [0.1, 0.15) is 0 Å². The van der Waals surface area contributed by atoms with Crippen LogP contribution in [0.1, 0.15) is 76.7 Å². The van der Waals surface area contributed by atoms with Gasteiger partial charge in [-0.25, -0.2) is 0 Å². The third-order valence-corrected chi connectivity index (χ3v) is 6.32. The fraction of sp³-hybridized carbons (Fsp3) is 0.700. The van der Waals surface area contributed by atoms with Gasteiger partial charge in [0.15, 0.2) is 0 Å². The summed E-state index contributed by atoms with van der Waals surface area (Å²) < 4.78 is 0. The van der Waals surface area contributed by atoms with Crippen molar-refractivity contribution in [2.24, 2.45) is 11.8 Å². The Morgan fingerprint density at radius 1 is 0.850 bits per heavy atom. The first-order valence-electron chi connectivity index (χ1n) is 8.88. The summed E-state index contributed by atoms with van der Waals surface area (Å²) in [5.41, 5.74) is 2.12. The molecular weight excluding hydrogens is 240 g/mol. The molecule has 2 aliphatic carbocycles. The largest absolute Gasteiger partial charge is 0.0622 e. The molecule has 20 heavy (non-hydrogen) atoms. The third-order valence-electron chi connectivity index (χ3n) is 6.32. The number of benzene rings is 1. The SMILES string of the molecule is CC(C1CCCCC1)C1(c2ccccc2)CCCCC1. The predicted molar refractivity (Wildman–Crippen MR) is 86.9 cm³/mol. The Morgan fingerprint density at radius 2 is 1.45 bits per heavy atom. The van der Waals surface area contributed by atoms with Crippen molar-refractivity contribution < 1.29 is 0 Å². The second kappa shape index (κ2) is 6.33. The van der Waals surface area contributed by atoms with Crippen molar-refractivity contribution in [1.82, 2.24) is 0 Å². The van der Waals surface area contributed by atoms with E-state index >= 15 is 0 Å². The highest BCUT2D eigenvalue weighted by atomic mass is 14.5. The minimum absolute atomic E-state index is 0.488. The number of hydrogen-bond donors (Lipinski definition) is 0. The first kappa shape index (κ1) is 14.2. The Balaban J connectivity index is 1.88. The van der Waals surface area contributed by atoms with Crippen LogP contribution < -0.4 is 0 Å². The van der Waals surface area contributed by atoms with Gasteiger partial charge in [-0.3, -0.25) is 0 Å². The molecule has 0 spiro atoms. The Hall–Kier alpha value is -0.780. The minimum Gasteiger partial charge on any atom is -0.0622 e. The van der Waals surface area contributed by atoms with E-state index in [1.807, 2.05) is 0 Å². The van der Waals surface area contributed by atoms with Gasteiger partial charge in [-0.15, -0.1) is 0 Å². The van der Waals surface area contributed by atoms with E-state index < -0.39 is 0 Å². The molecule has 2 saturated carbocycles. The van der Waals surface area contributed by atoms with Gasteiger partial charge in [-0.2, -0.15) is 0 Å². The molecule has 0 aromatic heterocycles. The minimum atomic E-state index is 0.488. The average Bonchev–Trinajstić information content (AvgIpc) is 2.56. The van der Waals surface area contributed by atoms with Crippen molar-refractivity contribution in [1.29, 1.82) is 0 Å². The van der Waals surface area contributed by atoms with Gasteiger partial charge in [-0.1, -0.05) is 88.6 Å². The Labute approximate surface area is 125 Å². The fourth-order valence-electron chi connectivity index (χ4n) is 5.05. The van der Waals surface area contributed by atoms with E-state index in [0.29, 0.717) is 5.41 Å². The van der Waals surface area contributed by atoms with Gasteiger partial charge < -0.3 is 0 Å². The summed E-state index contributed by atoms with van der Waals surface area (Å²) in [6, 6.07) is 11.5. The Morgan fingerprint density at radius 3 is 2.10 bits per heavy atom. The standard InChI is InChI=1S/C20H30/c1-17(18-11-5-2-6-12-18)20(15-9-4-10-16-20)19-13-7-3-8-14-19/h3,7-8,13-14,17-18H,2,4-6,9-12,15-16H2,1H3. The zero-order valence-corrected chi connectivity index (χ0v) is 13.1. The summed E-state index contributed by atoms with van der Waals surface area (Å²) in [5, 5.41) is 0. The van der Waals surface area contributed by atoms with Crippen molar-refractivity contribution in [3.05, 3.63) is 35.9 Å². The highest BCUT2D eigenvalue weighted by molar-refractivity contribution is 5.27. The molecule has 1 unspecified atom stereocenters. The molecule has 2 aliphatic rings. The van der Waals surface area contributed by atoms with Crippen LogP contribution >= 0.6 is 0 Å². The zero-order valence-electron chi connectivity index (χ0n) is 13.1. The van der Waals surface area contributed by atoms with E-state index in [2.05, 4.69) is 37.3 Å². The highest BCUT2D eigenvalue weighted by Crippen LogP contribution is 2.50. The molecule has 0 N–H and O–H groups in total. The molecule has 0 radical (unpaired) electrons. The van der Waals surface area contributed by atoms with E-state index in [1.54, 1.807) is 5.56 Å². The molecule has 110 valence electrons. The van der Waals surface area contributed by atoms with Gasteiger partial charge in [-0.05, 0) is 35.7 Å². The molecule has 0 bridgehead atoms. The fourth-order valence-corrected chi connectivity index (χ4v) is 5.05. The van der Waals surface area contributed by atoms with Gasteiger partial charge in [0.05, 0.1) is 0 Å². The first-order valence-corrected chi connectivity index (χ1v) is 8.88. The monoisotopic (exact) mass is 270 g/mol. The molecule has 1 atom stereocenters. The maximum Gasteiger partial charge on any atom is -0.00187 e. The average molecular weight is 270 g/mol. The first-order chi connectivity index (χ1) is 9.83. The van der Waals surface area contributed by atoms with Crippen molar-refractivity contribution in [3.63, 3.8) is 0 Å².